The second kappa shape index (κ2) is 5.85. The standard InChI is InChI=1S/C15H18ClNO3/c1-8(2)19-15-13(11(16)14(18)20-15)17-12-9(3)6-5-7-10(12)4/h5-8,15,17H,1-4H3/t15-/m0/s1. The van der Waals surface area contributed by atoms with E-state index < -0.39 is 12.3 Å². The second-order valence-electron chi connectivity index (χ2n) is 5.04. The lowest BCUT2D eigenvalue weighted by Gasteiger charge is -2.20. The van der Waals surface area contributed by atoms with E-state index in [0.717, 1.165) is 16.8 Å². The Morgan fingerprint density at radius 2 is 1.90 bits per heavy atom. The van der Waals surface area contributed by atoms with Gasteiger partial charge in [0, 0.05) is 5.69 Å². The Morgan fingerprint density at radius 1 is 1.30 bits per heavy atom. The van der Waals surface area contributed by atoms with Crippen molar-refractivity contribution in [2.24, 2.45) is 0 Å². The van der Waals surface area contributed by atoms with Crippen LogP contribution in [0.15, 0.2) is 28.9 Å². The van der Waals surface area contributed by atoms with Crippen LogP contribution in [0.4, 0.5) is 5.69 Å². The van der Waals surface area contributed by atoms with Crippen molar-refractivity contribution in [2.45, 2.75) is 40.1 Å². The lowest BCUT2D eigenvalue weighted by Crippen LogP contribution is -2.24. The van der Waals surface area contributed by atoms with E-state index in [4.69, 9.17) is 21.1 Å². The number of benzene rings is 1. The van der Waals surface area contributed by atoms with Crippen molar-refractivity contribution in [3.05, 3.63) is 40.1 Å². The van der Waals surface area contributed by atoms with Gasteiger partial charge in [-0.2, -0.15) is 0 Å². The third kappa shape index (κ3) is 2.97. The average molecular weight is 296 g/mol. The zero-order valence-electron chi connectivity index (χ0n) is 12.0. The number of carbonyl (C=O) groups excluding carboxylic acids is 1. The third-order valence-electron chi connectivity index (χ3n) is 3.00. The van der Waals surface area contributed by atoms with Gasteiger partial charge in [0.05, 0.1) is 6.10 Å². The summed E-state index contributed by atoms with van der Waals surface area (Å²) >= 11 is 6.02. The van der Waals surface area contributed by atoms with Gasteiger partial charge in [0.1, 0.15) is 5.70 Å². The highest BCUT2D eigenvalue weighted by Gasteiger charge is 2.35. The molecule has 0 spiro atoms. The zero-order chi connectivity index (χ0) is 14.9. The van der Waals surface area contributed by atoms with Crippen molar-refractivity contribution < 1.29 is 14.3 Å². The second-order valence-corrected chi connectivity index (χ2v) is 5.42. The topological polar surface area (TPSA) is 47.6 Å². The quantitative estimate of drug-likeness (QED) is 0.864. The van der Waals surface area contributed by atoms with Crippen LogP contribution in [0.2, 0.25) is 0 Å². The Labute approximate surface area is 123 Å². The van der Waals surface area contributed by atoms with Crippen molar-refractivity contribution in [3.63, 3.8) is 0 Å². The van der Waals surface area contributed by atoms with Gasteiger partial charge < -0.3 is 14.8 Å². The Morgan fingerprint density at radius 3 is 2.45 bits per heavy atom. The summed E-state index contributed by atoms with van der Waals surface area (Å²) in [5.74, 6) is -0.564. The first kappa shape index (κ1) is 14.9. The predicted molar refractivity (Wildman–Crippen MR) is 78.5 cm³/mol. The number of aryl methyl sites for hydroxylation is 2. The molecule has 2 rings (SSSR count). The van der Waals surface area contributed by atoms with Gasteiger partial charge in [-0.05, 0) is 38.8 Å². The first-order valence-corrected chi connectivity index (χ1v) is 6.87. The molecular formula is C15H18ClNO3. The molecule has 108 valence electrons. The third-order valence-corrected chi connectivity index (χ3v) is 3.36. The smallest absolute Gasteiger partial charge is 0.354 e. The number of hydrogen-bond acceptors (Lipinski definition) is 4. The molecule has 5 heteroatoms. The first-order chi connectivity index (χ1) is 9.40. The van der Waals surface area contributed by atoms with E-state index in [-0.39, 0.29) is 11.1 Å². The van der Waals surface area contributed by atoms with E-state index in [1.54, 1.807) is 0 Å². The number of anilines is 1. The number of rotatable bonds is 4. The number of halogens is 1. The summed E-state index contributed by atoms with van der Waals surface area (Å²) in [5, 5.41) is 3.23. The zero-order valence-corrected chi connectivity index (χ0v) is 12.7. The molecule has 1 aliphatic heterocycles. The van der Waals surface area contributed by atoms with Crippen molar-refractivity contribution in [2.75, 3.05) is 5.32 Å². The molecular weight excluding hydrogens is 278 g/mol. The van der Waals surface area contributed by atoms with Crippen LogP contribution in [0.1, 0.15) is 25.0 Å². The van der Waals surface area contributed by atoms with Gasteiger partial charge in [0.25, 0.3) is 0 Å². The summed E-state index contributed by atoms with van der Waals surface area (Å²) in [4.78, 5) is 11.6. The highest BCUT2D eigenvalue weighted by molar-refractivity contribution is 6.42. The van der Waals surface area contributed by atoms with E-state index in [2.05, 4.69) is 5.32 Å². The van der Waals surface area contributed by atoms with Crippen molar-refractivity contribution >= 4 is 23.3 Å². The van der Waals surface area contributed by atoms with Gasteiger partial charge in [-0.1, -0.05) is 29.8 Å². The minimum absolute atomic E-state index is 0.0401. The molecule has 0 radical (unpaired) electrons. The molecule has 0 fully saturated rings. The van der Waals surface area contributed by atoms with Gasteiger partial charge in [0.2, 0.25) is 6.29 Å². The molecule has 1 heterocycles. The molecule has 1 atom stereocenters. The largest absolute Gasteiger partial charge is 0.425 e. The number of hydrogen-bond donors (Lipinski definition) is 1. The van der Waals surface area contributed by atoms with E-state index in [1.807, 2.05) is 45.9 Å². The van der Waals surface area contributed by atoms with Crippen molar-refractivity contribution in [1.29, 1.82) is 0 Å². The van der Waals surface area contributed by atoms with E-state index >= 15 is 0 Å². The maximum absolute atomic E-state index is 11.6. The minimum atomic E-state index is -0.783. The Bertz CT molecular complexity index is 546. The normalized spacial score (nSPS) is 18.7. The Hall–Kier alpha value is -1.52. The lowest BCUT2D eigenvalue weighted by atomic mass is 10.1. The maximum Gasteiger partial charge on any atom is 0.354 e. The summed E-state index contributed by atoms with van der Waals surface area (Å²) in [6.07, 6.45) is -0.862. The van der Waals surface area contributed by atoms with Gasteiger partial charge in [-0.15, -0.1) is 0 Å². The van der Waals surface area contributed by atoms with Crippen LogP contribution in [0.5, 0.6) is 0 Å². The molecule has 0 saturated carbocycles. The maximum atomic E-state index is 11.6. The van der Waals surface area contributed by atoms with Crippen LogP contribution < -0.4 is 5.32 Å². The molecule has 1 aliphatic rings. The van der Waals surface area contributed by atoms with E-state index in [9.17, 15) is 4.79 Å². The number of cyclic esters (lactones) is 1. The molecule has 0 aromatic heterocycles. The molecule has 1 aromatic rings. The number of ether oxygens (including phenoxy) is 2. The van der Waals surface area contributed by atoms with Crippen LogP contribution in [-0.4, -0.2) is 18.4 Å². The monoisotopic (exact) mass is 295 g/mol. The molecule has 0 amide bonds. The number of nitrogens with one attached hydrogen (secondary N) is 1. The molecule has 1 N–H and O–H groups in total. The van der Waals surface area contributed by atoms with Crippen LogP contribution in [-0.2, 0) is 14.3 Å². The fourth-order valence-corrected chi connectivity index (χ4v) is 2.21. The summed E-state index contributed by atoms with van der Waals surface area (Å²) in [6.45, 7) is 7.72. The summed E-state index contributed by atoms with van der Waals surface area (Å²) in [6, 6.07) is 5.95. The van der Waals surface area contributed by atoms with E-state index in [1.165, 1.54) is 0 Å². The van der Waals surface area contributed by atoms with Gasteiger partial charge in [0.15, 0.2) is 5.03 Å². The Kier molecular flexibility index (Phi) is 4.35. The fourth-order valence-electron chi connectivity index (χ4n) is 2.02. The van der Waals surface area contributed by atoms with Crippen LogP contribution in [0, 0.1) is 13.8 Å². The molecule has 0 unspecified atom stereocenters. The summed E-state index contributed by atoms with van der Waals surface area (Å²) < 4.78 is 10.7. The fraction of sp³-hybridized carbons (Fsp3) is 0.400. The Balaban J connectivity index is 2.31. The first-order valence-electron chi connectivity index (χ1n) is 6.49. The molecule has 0 saturated heterocycles. The SMILES string of the molecule is Cc1cccc(C)c1NC1=C(Cl)C(=O)O[C@@H]1OC(C)C. The number of esters is 1. The van der Waals surface area contributed by atoms with Crippen LogP contribution >= 0.6 is 11.6 Å². The predicted octanol–water partition coefficient (Wildman–Crippen LogP) is 3.47. The molecule has 20 heavy (non-hydrogen) atoms. The molecule has 0 bridgehead atoms. The summed E-state index contributed by atoms with van der Waals surface area (Å²) in [7, 11) is 0. The molecule has 1 aromatic carbocycles. The average Bonchev–Trinajstić information content (AvgIpc) is 2.60. The highest BCUT2D eigenvalue weighted by atomic mass is 35.5. The van der Waals surface area contributed by atoms with Crippen LogP contribution in [0.25, 0.3) is 0 Å². The molecule has 4 nitrogen and oxygen atoms in total. The molecule has 0 aliphatic carbocycles. The van der Waals surface area contributed by atoms with Gasteiger partial charge >= 0.3 is 5.97 Å². The highest BCUT2D eigenvalue weighted by Crippen LogP contribution is 2.31. The summed E-state index contributed by atoms with van der Waals surface area (Å²) in [5.41, 5.74) is 3.49. The van der Waals surface area contributed by atoms with Gasteiger partial charge in [-0.3, -0.25) is 0 Å². The number of carbonyl (C=O) groups is 1. The minimum Gasteiger partial charge on any atom is -0.425 e. The number of para-hydroxylation sites is 1. The van der Waals surface area contributed by atoms with Crippen molar-refractivity contribution in [3.8, 4) is 0 Å². The van der Waals surface area contributed by atoms with E-state index in [0.29, 0.717) is 5.70 Å². The van der Waals surface area contributed by atoms with Gasteiger partial charge in [-0.25, -0.2) is 4.79 Å². The van der Waals surface area contributed by atoms with Crippen molar-refractivity contribution in [1.82, 2.24) is 0 Å². The van der Waals surface area contributed by atoms with Crippen LogP contribution in [0.3, 0.4) is 0 Å². The lowest BCUT2D eigenvalue weighted by molar-refractivity contribution is -0.165.